The molecular formula is C11H9F3N2O. The molecule has 0 aliphatic carbocycles. The van der Waals surface area contributed by atoms with Crippen LogP contribution in [0.3, 0.4) is 0 Å². The molecule has 6 heteroatoms. The molecule has 1 saturated heterocycles. The van der Waals surface area contributed by atoms with Gasteiger partial charge in [-0.1, -0.05) is 12.1 Å². The summed E-state index contributed by atoms with van der Waals surface area (Å²) in [7, 11) is 0. The van der Waals surface area contributed by atoms with Crippen molar-refractivity contribution in [1.29, 1.82) is 0 Å². The highest BCUT2D eigenvalue weighted by Gasteiger charge is 2.66. The van der Waals surface area contributed by atoms with E-state index in [0.717, 1.165) is 0 Å². The molecule has 0 bridgehead atoms. The second-order valence-electron chi connectivity index (χ2n) is 4.23. The van der Waals surface area contributed by atoms with Crippen molar-refractivity contribution < 1.29 is 18.0 Å². The van der Waals surface area contributed by atoms with Crippen LogP contribution < -0.4 is 10.2 Å². The number of benzene rings is 1. The molecule has 1 unspecified atom stereocenters. The van der Waals surface area contributed by atoms with E-state index >= 15 is 0 Å². The van der Waals surface area contributed by atoms with Crippen LogP contribution in [-0.4, -0.2) is 24.3 Å². The average molecular weight is 242 g/mol. The van der Waals surface area contributed by atoms with Gasteiger partial charge in [-0.15, -0.1) is 0 Å². The molecule has 1 amide bonds. The van der Waals surface area contributed by atoms with Crippen molar-refractivity contribution in [3.63, 3.8) is 0 Å². The van der Waals surface area contributed by atoms with Gasteiger partial charge in [-0.25, -0.2) is 0 Å². The summed E-state index contributed by atoms with van der Waals surface area (Å²) in [6.45, 7) is 0.302. The lowest BCUT2D eigenvalue weighted by atomic mass is 9.87. The number of para-hydroxylation sites is 1. The Morgan fingerprint density at radius 1 is 1.29 bits per heavy atom. The molecule has 2 aliphatic rings. The maximum Gasteiger partial charge on any atom is 0.430 e. The number of fused-ring (bicyclic) bond motifs is 3. The van der Waals surface area contributed by atoms with Gasteiger partial charge in [0.05, 0.1) is 11.3 Å². The van der Waals surface area contributed by atoms with Crippen LogP contribution in [-0.2, 0) is 0 Å². The van der Waals surface area contributed by atoms with E-state index in [2.05, 4.69) is 5.32 Å². The van der Waals surface area contributed by atoms with Crippen LogP contribution in [0, 0.1) is 0 Å². The first kappa shape index (κ1) is 10.4. The highest BCUT2D eigenvalue weighted by molar-refractivity contribution is 6.03. The van der Waals surface area contributed by atoms with Gasteiger partial charge in [-0.05, 0) is 12.1 Å². The Kier molecular flexibility index (Phi) is 1.80. The molecule has 1 aromatic rings. The zero-order valence-electron chi connectivity index (χ0n) is 8.71. The summed E-state index contributed by atoms with van der Waals surface area (Å²) in [5, 5.41) is 2.09. The largest absolute Gasteiger partial charge is 0.430 e. The standard InChI is InChI=1S/C11H9F3N2O/c12-11(13,14)10-5-6-16(10)8-4-2-1-3-7(8)9(17)15-10/h1-4H,5-6H2,(H,15,17). The SMILES string of the molecule is O=C1NC2(C(F)(F)F)CCN2c2ccccc21. The Morgan fingerprint density at radius 3 is 2.59 bits per heavy atom. The third kappa shape index (κ3) is 1.15. The van der Waals surface area contributed by atoms with Crippen molar-refractivity contribution >= 4 is 11.6 Å². The van der Waals surface area contributed by atoms with Gasteiger partial charge >= 0.3 is 6.18 Å². The number of alkyl halides is 3. The Morgan fingerprint density at radius 2 is 2.00 bits per heavy atom. The summed E-state index contributed by atoms with van der Waals surface area (Å²) in [4.78, 5) is 12.9. The summed E-state index contributed by atoms with van der Waals surface area (Å²) in [5.74, 6) is -0.658. The zero-order chi connectivity index (χ0) is 12.3. The van der Waals surface area contributed by atoms with E-state index in [9.17, 15) is 18.0 Å². The van der Waals surface area contributed by atoms with Crippen LogP contribution in [0.1, 0.15) is 16.8 Å². The second kappa shape index (κ2) is 2.94. The number of carbonyl (C=O) groups is 1. The van der Waals surface area contributed by atoms with Crippen LogP contribution in [0.25, 0.3) is 0 Å². The van der Waals surface area contributed by atoms with Crippen LogP contribution in [0.15, 0.2) is 24.3 Å². The van der Waals surface area contributed by atoms with Gasteiger partial charge in [0.25, 0.3) is 5.91 Å². The van der Waals surface area contributed by atoms with Crippen molar-refractivity contribution in [2.45, 2.75) is 18.3 Å². The van der Waals surface area contributed by atoms with Crippen molar-refractivity contribution in [2.75, 3.05) is 11.4 Å². The fourth-order valence-electron chi connectivity index (χ4n) is 2.43. The minimum absolute atomic E-state index is 0.101. The molecular weight excluding hydrogens is 233 g/mol. The molecule has 0 aromatic heterocycles. The molecule has 1 N–H and O–H groups in total. The molecule has 3 rings (SSSR count). The molecule has 2 aliphatic heterocycles. The Labute approximate surface area is 95.2 Å². The van der Waals surface area contributed by atoms with Crippen LogP contribution in [0.5, 0.6) is 0 Å². The third-order valence-corrected chi connectivity index (χ3v) is 3.39. The number of nitrogens with zero attached hydrogens (tertiary/aromatic N) is 1. The summed E-state index contributed by atoms with van der Waals surface area (Å²) < 4.78 is 39.1. The molecule has 0 spiro atoms. The van der Waals surface area contributed by atoms with Crippen LogP contribution in [0.4, 0.5) is 18.9 Å². The molecule has 1 atom stereocenters. The van der Waals surface area contributed by atoms with Gasteiger partial charge in [0.15, 0.2) is 0 Å². The second-order valence-corrected chi connectivity index (χ2v) is 4.23. The maximum atomic E-state index is 13.0. The monoisotopic (exact) mass is 242 g/mol. The smallest absolute Gasteiger partial charge is 0.340 e. The van der Waals surface area contributed by atoms with E-state index in [1.807, 2.05) is 0 Å². The minimum Gasteiger partial charge on any atom is -0.340 e. The van der Waals surface area contributed by atoms with E-state index in [-0.39, 0.29) is 6.42 Å². The first-order valence-corrected chi connectivity index (χ1v) is 5.22. The Balaban J connectivity index is 2.14. The highest BCUT2D eigenvalue weighted by atomic mass is 19.4. The predicted octanol–water partition coefficient (Wildman–Crippen LogP) is 1.90. The van der Waals surface area contributed by atoms with Gasteiger partial charge in [-0.3, -0.25) is 4.79 Å². The lowest BCUT2D eigenvalue weighted by Gasteiger charge is -2.56. The highest BCUT2D eigenvalue weighted by Crippen LogP contribution is 2.48. The van der Waals surface area contributed by atoms with Gasteiger partial charge in [0.1, 0.15) is 0 Å². The van der Waals surface area contributed by atoms with E-state index in [1.165, 1.54) is 11.0 Å². The molecule has 0 radical (unpaired) electrons. The number of rotatable bonds is 0. The van der Waals surface area contributed by atoms with E-state index in [4.69, 9.17) is 0 Å². The first-order chi connectivity index (χ1) is 7.96. The quantitative estimate of drug-likeness (QED) is 0.753. The molecule has 2 heterocycles. The molecule has 1 aromatic carbocycles. The molecule has 90 valence electrons. The topological polar surface area (TPSA) is 32.3 Å². The maximum absolute atomic E-state index is 13.0. The van der Waals surface area contributed by atoms with Gasteiger partial charge in [0.2, 0.25) is 5.66 Å². The predicted molar refractivity (Wildman–Crippen MR) is 54.7 cm³/mol. The lowest BCUT2D eigenvalue weighted by molar-refractivity contribution is -0.210. The number of nitrogens with one attached hydrogen (secondary N) is 1. The third-order valence-electron chi connectivity index (χ3n) is 3.39. The summed E-state index contributed by atoms with van der Waals surface area (Å²) in [5.41, 5.74) is -1.54. The zero-order valence-corrected chi connectivity index (χ0v) is 8.71. The van der Waals surface area contributed by atoms with Crippen molar-refractivity contribution in [2.24, 2.45) is 0 Å². The van der Waals surface area contributed by atoms with Crippen LogP contribution >= 0.6 is 0 Å². The molecule has 17 heavy (non-hydrogen) atoms. The molecule has 3 nitrogen and oxygen atoms in total. The van der Waals surface area contributed by atoms with Crippen molar-refractivity contribution in [3.8, 4) is 0 Å². The summed E-state index contributed by atoms with van der Waals surface area (Å²) >= 11 is 0. The fraction of sp³-hybridized carbons (Fsp3) is 0.364. The van der Waals surface area contributed by atoms with Gasteiger partial charge in [-0.2, -0.15) is 13.2 Å². The van der Waals surface area contributed by atoms with Crippen LogP contribution in [0.2, 0.25) is 0 Å². The van der Waals surface area contributed by atoms with E-state index in [1.54, 1.807) is 18.2 Å². The molecule has 1 fully saturated rings. The number of halogens is 3. The summed E-state index contributed by atoms with van der Waals surface area (Å²) in [6.07, 6.45) is -4.56. The van der Waals surface area contributed by atoms with Gasteiger partial charge in [0, 0.05) is 13.0 Å². The van der Waals surface area contributed by atoms with Gasteiger partial charge < -0.3 is 10.2 Å². The van der Waals surface area contributed by atoms with Crippen molar-refractivity contribution in [3.05, 3.63) is 29.8 Å². The Bertz CT molecular complexity index is 500. The van der Waals surface area contributed by atoms with Crippen molar-refractivity contribution in [1.82, 2.24) is 5.32 Å². The fourth-order valence-corrected chi connectivity index (χ4v) is 2.43. The first-order valence-electron chi connectivity index (χ1n) is 5.22. The number of hydrogen-bond donors (Lipinski definition) is 1. The normalized spacial score (nSPS) is 26.8. The number of amides is 1. The lowest BCUT2D eigenvalue weighted by Crippen LogP contribution is -2.78. The average Bonchev–Trinajstić information content (AvgIpc) is 2.21. The number of hydrogen-bond acceptors (Lipinski definition) is 2. The Hall–Kier alpha value is -1.72. The number of carbonyl (C=O) groups excluding carboxylic acids is 1. The minimum atomic E-state index is -4.46. The van der Waals surface area contributed by atoms with E-state index < -0.39 is 17.7 Å². The van der Waals surface area contributed by atoms with E-state index in [0.29, 0.717) is 17.8 Å². The molecule has 0 saturated carbocycles. The summed E-state index contributed by atoms with van der Waals surface area (Å²) in [6, 6.07) is 6.35. The number of anilines is 1.